The molecule has 352 valence electrons. The third kappa shape index (κ3) is 41.9. The largest absolute Gasteiger partial charge is 0.472 e. The minimum absolute atomic E-state index is 0.0335. The highest BCUT2D eigenvalue weighted by Crippen LogP contribution is 2.43. The van der Waals surface area contributed by atoms with Crippen molar-refractivity contribution in [1.29, 1.82) is 0 Å². The van der Waals surface area contributed by atoms with Crippen LogP contribution < -0.4 is 0 Å². The lowest BCUT2D eigenvalue weighted by Crippen LogP contribution is -2.37. The first-order chi connectivity index (χ1) is 29.8. The topological polar surface area (TPSA) is 149 Å². The minimum atomic E-state index is -4.48. The van der Waals surface area contributed by atoms with Crippen LogP contribution in [-0.2, 0) is 32.7 Å². The van der Waals surface area contributed by atoms with Gasteiger partial charge >= 0.3 is 19.8 Å². The van der Waals surface area contributed by atoms with Gasteiger partial charge in [-0.3, -0.25) is 18.6 Å². The highest BCUT2D eigenvalue weighted by Gasteiger charge is 2.27. The van der Waals surface area contributed by atoms with Crippen LogP contribution in [0.25, 0.3) is 0 Å². The van der Waals surface area contributed by atoms with Crippen LogP contribution in [0.15, 0.2) is 109 Å². The van der Waals surface area contributed by atoms with Gasteiger partial charge in [0.15, 0.2) is 6.10 Å². The highest BCUT2D eigenvalue weighted by molar-refractivity contribution is 7.47. The Bertz CT molecular complexity index is 1450. The van der Waals surface area contributed by atoms with Crippen molar-refractivity contribution < 1.29 is 52.3 Å². The van der Waals surface area contributed by atoms with Crippen molar-refractivity contribution in [2.75, 3.05) is 47.5 Å². The van der Waals surface area contributed by atoms with Crippen LogP contribution in [0.2, 0.25) is 0 Å². The summed E-state index contributed by atoms with van der Waals surface area (Å²) in [6.07, 6.45) is 47.4. The summed E-state index contributed by atoms with van der Waals surface area (Å²) in [5.74, 6) is -1.14. The number of quaternary nitrogens is 1. The Morgan fingerprint density at radius 2 is 1.03 bits per heavy atom. The summed E-state index contributed by atoms with van der Waals surface area (Å²) in [4.78, 5) is 35.5. The van der Waals surface area contributed by atoms with Crippen molar-refractivity contribution in [1.82, 2.24) is 0 Å². The molecule has 1 unspecified atom stereocenters. The number of nitrogens with zero attached hydrogens (tertiary/aromatic N) is 1. The lowest BCUT2D eigenvalue weighted by Gasteiger charge is -2.24. The maximum atomic E-state index is 12.7. The van der Waals surface area contributed by atoms with Gasteiger partial charge in [0.1, 0.15) is 19.8 Å². The van der Waals surface area contributed by atoms with Crippen molar-refractivity contribution in [3.63, 3.8) is 0 Å². The van der Waals surface area contributed by atoms with Crippen molar-refractivity contribution in [2.45, 2.75) is 148 Å². The van der Waals surface area contributed by atoms with E-state index in [9.17, 15) is 29.3 Å². The zero-order valence-electron chi connectivity index (χ0n) is 38.8. The van der Waals surface area contributed by atoms with Crippen LogP contribution in [0.4, 0.5) is 0 Å². The summed E-state index contributed by atoms with van der Waals surface area (Å²) >= 11 is 0. The molecule has 0 saturated carbocycles. The normalized spacial score (nSPS) is 15.5. The van der Waals surface area contributed by atoms with E-state index in [1.54, 1.807) is 0 Å². The fraction of sp³-hybridized carbons (Fsp3) is 0.600. The third-order valence-corrected chi connectivity index (χ3v) is 9.98. The van der Waals surface area contributed by atoms with Gasteiger partial charge in [-0.2, -0.15) is 0 Å². The first-order valence-electron chi connectivity index (χ1n) is 22.8. The van der Waals surface area contributed by atoms with E-state index in [2.05, 4.69) is 105 Å². The van der Waals surface area contributed by atoms with Crippen LogP contribution in [0, 0.1) is 0 Å². The Morgan fingerprint density at radius 1 is 0.565 bits per heavy atom. The van der Waals surface area contributed by atoms with E-state index in [0.717, 1.165) is 77.0 Å². The van der Waals surface area contributed by atoms with Gasteiger partial charge in [-0.05, 0) is 96.3 Å². The molecule has 0 aliphatic rings. The Kier molecular flexibility index (Phi) is 38.1. The molecule has 0 rings (SSSR count). The highest BCUT2D eigenvalue weighted by atomic mass is 31.2. The molecular formula is C50H83NO10P+. The van der Waals surface area contributed by atoms with Crippen LogP contribution in [0.1, 0.15) is 129 Å². The molecule has 0 aromatic heterocycles. The van der Waals surface area contributed by atoms with Crippen LogP contribution >= 0.6 is 7.82 Å². The number of hydrogen-bond acceptors (Lipinski definition) is 9. The lowest BCUT2D eigenvalue weighted by molar-refractivity contribution is -0.870. The standard InChI is InChI=1S/C50H82NO10P/c1-6-8-10-12-14-16-18-20-21-22-23-24-25-26-28-30-32-34-36-40-49(54)58-44-46(45-60-62(56,57)59-43-42-51(3,4)5)61-50(55)41-37-39-48(53)47(52)38-35-33-31-29-27-19-17-15-13-11-9-7-2/h8-11,14-17,20-21,23-24,26-29,33,35,46-48,52-53H,6-7,12-13,18-19,22,25,30-32,34,36-45H2,1-5H3/p+1/b10-8-,11-9-,16-14-,17-15-,21-20-,24-23-,28-26-,29-27-,35-33-/t46-,47-,48-/m1/s1. The number of likely N-dealkylation sites (N-methyl/N-ethyl adjacent to an activating group) is 1. The van der Waals surface area contributed by atoms with E-state index in [1.165, 1.54) is 0 Å². The zero-order valence-corrected chi connectivity index (χ0v) is 39.7. The summed E-state index contributed by atoms with van der Waals surface area (Å²) in [7, 11) is 1.26. The maximum Gasteiger partial charge on any atom is 0.472 e. The predicted molar refractivity (Wildman–Crippen MR) is 254 cm³/mol. The molecule has 0 aromatic carbocycles. The number of rotatable bonds is 39. The van der Waals surface area contributed by atoms with E-state index in [-0.39, 0.29) is 45.3 Å². The number of unbranched alkanes of at least 4 members (excludes halogenated alkanes) is 3. The molecule has 0 heterocycles. The van der Waals surface area contributed by atoms with Gasteiger partial charge in [-0.25, -0.2) is 4.57 Å². The molecule has 0 radical (unpaired) electrons. The Balaban J connectivity index is 4.66. The molecule has 12 heteroatoms. The monoisotopic (exact) mass is 889 g/mol. The molecule has 0 aliphatic carbocycles. The summed E-state index contributed by atoms with van der Waals surface area (Å²) in [6, 6.07) is 0. The van der Waals surface area contributed by atoms with Crippen LogP contribution in [0.3, 0.4) is 0 Å². The van der Waals surface area contributed by atoms with Gasteiger partial charge in [-0.15, -0.1) is 0 Å². The fourth-order valence-corrected chi connectivity index (χ4v) is 6.10. The molecule has 11 nitrogen and oxygen atoms in total. The van der Waals surface area contributed by atoms with Crippen molar-refractivity contribution in [3.05, 3.63) is 109 Å². The van der Waals surface area contributed by atoms with Gasteiger partial charge in [0.05, 0.1) is 40.0 Å². The number of phosphoric ester groups is 1. The smallest absolute Gasteiger partial charge is 0.462 e. The number of esters is 2. The van der Waals surface area contributed by atoms with Crippen molar-refractivity contribution in [3.8, 4) is 0 Å². The number of hydrogen-bond donors (Lipinski definition) is 3. The molecule has 0 amide bonds. The summed E-state index contributed by atoms with van der Waals surface area (Å²) < 4.78 is 34.1. The van der Waals surface area contributed by atoms with Crippen LogP contribution in [0.5, 0.6) is 0 Å². The number of aliphatic hydroxyl groups excluding tert-OH is 2. The van der Waals surface area contributed by atoms with Crippen molar-refractivity contribution in [2.24, 2.45) is 0 Å². The Hall–Kier alpha value is -3.41. The van der Waals surface area contributed by atoms with E-state index in [1.807, 2.05) is 39.4 Å². The van der Waals surface area contributed by atoms with Gasteiger partial charge < -0.3 is 29.1 Å². The average Bonchev–Trinajstić information content (AvgIpc) is 3.22. The molecule has 0 aliphatic heterocycles. The minimum Gasteiger partial charge on any atom is -0.462 e. The molecule has 3 N–H and O–H groups in total. The fourth-order valence-electron chi connectivity index (χ4n) is 5.36. The van der Waals surface area contributed by atoms with E-state index in [4.69, 9.17) is 18.5 Å². The number of carbonyl (C=O) groups excluding carboxylic acids is 2. The number of aliphatic hydroxyl groups is 2. The Labute approximate surface area is 375 Å². The number of allylic oxidation sites excluding steroid dienone is 17. The second kappa shape index (κ2) is 40.4. The van der Waals surface area contributed by atoms with E-state index in [0.29, 0.717) is 17.4 Å². The summed E-state index contributed by atoms with van der Waals surface area (Å²) in [5, 5.41) is 20.8. The van der Waals surface area contributed by atoms with Gasteiger partial charge in [0.25, 0.3) is 0 Å². The van der Waals surface area contributed by atoms with E-state index < -0.39 is 44.7 Å². The number of carbonyl (C=O) groups is 2. The second-order valence-corrected chi connectivity index (χ2v) is 17.4. The molecule has 0 saturated heterocycles. The molecule has 0 aromatic rings. The maximum absolute atomic E-state index is 12.7. The molecule has 62 heavy (non-hydrogen) atoms. The second-order valence-electron chi connectivity index (χ2n) is 16.0. The number of ether oxygens (including phenoxy) is 2. The SMILES string of the molecule is CC/C=C\C/C=C\C/C=C\C/C=C\C/C=C\CCCCCC(=O)OC[C@H](COP(=O)(O)OCC[N+](C)(C)C)OC(=O)CCC[C@@H](O)[C@H](O)C/C=C\C/C=C\C/C=C\C/C=C\CC. The molecule has 4 atom stereocenters. The first-order valence-corrected chi connectivity index (χ1v) is 24.3. The predicted octanol–water partition coefficient (Wildman–Crippen LogP) is 11.1. The number of phosphoric acid groups is 1. The molecule has 0 bridgehead atoms. The molecule has 0 fully saturated rings. The van der Waals surface area contributed by atoms with Gasteiger partial charge in [0, 0.05) is 12.8 Å². The Morgan fingerprint density at radius 3 is 1.53 bits per heavy atom. The summed E-state index contributed by atoms with van der Waals surface area (Å²) in [6.45, 7) is 3.78. The van der Waals surface area contributed by atoms with E-state index >= 15 is 0 Å². The quantitative estimate of drug-likeness (QED) is 0.0179. The molecular weight excluding hydrogens is 806 g/mol. The molecule has 0 spiro atoms. The first kappa shape index (κ1) is 58.6. The summed E-state index contributed by atoms with van der Waals surface area (Å²) in [5.41, 5.74) is 0. The third-order valence-electron chi connectivity index (χ3n) is 9.00. The van der Waals surface area contributed by atoms with Gasteiger partial charge in [-0.1, -0.05) is 130 Å². The van der Waals surface area contributed by atoms with Crippen LogP contribution in [-0.4, -0.2) is 97.3 Å². The zero-order chi connectivity index (χ0) is 46.0. The average molecular weight is 889 g/mol. The lowest BCUT2D eigenvalue weighted by atomic mass is 10.0. The van der Waals surface area contributed by atoms with Crippen molar-refractivity contribution >= 4 is 19.8 Å². The van der Waals surface area contributed by atoms with Gasteiger partial charge in [0.2, 0.25) is 0 Å².